The van der Waals surface area contributed by atoms with Crippen molar-refractivity contribution in [1.29, 1.82) is 0 Å². The van der Waals surface area contributed by atoms with Crippen LogP contribution in [0.4, 0.5) is 0 Å². The second-order valence-corrected chi connectivity index (χ2v) is 9.42. The fourth-order valence-corrected chi connectivity index (χ4v) is 6.95. The molecule has 0 unspecified atom stereocenters. The highest BCUT2D eigenvalue weighted by Crippen LogP contribution is 2.65. The molecule has 0 spiro atoms. The Morgan fingerprint density at radius 1 is 1.12 bits per heavy atom. The van der Waals surface area contributed by atoms with Crippen LogP contribution in [0, 0.1) is 28.6 Å². The van der Waals surface area contributed by atoms with E-state index < -0.39 is 0 Å². The molecule has 0 N–H and O–H groups in total. The van der Waals surface area contributed by atoms with Crippen LogP contribution < -0.4 is 0 Å². The minimum absolute atomic E-state index is 0.0411. The molecule has 0 aromatic rings. The van der Waals surface area contributed by atoms with Crippen LogP contribution in [0.3, 0.4) is 0 Å². The Morgan fingerprint density at radius 3 is 2.68 bits per heavy atom. The van der Waals surface area contributed by atoms with Crippen LogP contribution in [0.25, 0.3) is 0 Å². The molecule has 138 valence electrons. The van der Waals surface area contributed by atoms with Crippen molar-refractivity contribution in [2.75, 3.05) is 0 Å². The fourth-order valence-electron chi connectivity index (χ4n) is 6.95. The van der Waals surface area contributed by atoms with E-state index >= 15 is 0 Å². The van der Waals surface area contributed by atoms with E-state index in [2.05, 4.69) is 13.8 Å². The standard InChI is InChI=1S/C22H32O3/c1-4-20(24)25-19-8-7-17-16-6-5-14-13-15(23)9-11-21(14,2)18(16)10-12-22(17,19)3/h13,16-19H,4-12H2,1-3H3/t16-,17+,18+,19+,21+,22+/m1/s1. The minimum atomic E-state index is -0.0411. The third kappa shape index (κ3) is 2.52. The largest absolute Gasteiger partial charge is 0.462 e. The highest BCUT2D eigenvalue weighted by atomic mass is 16.5. The van der Waals surface area contributed by atoms with E-state index in [0.29, 0.717) is 24.0 Å². The van der Waals surface area contributed by atoms with Crippen molar-refractivity contribution in [2.24, 2.45) is 28.6 Å². The molecule has 3 fully saturated rings. The number of esters is 1. The van der Waals surface area contributed by atoms with Crippen LogP contribution >= 0.6 is 0 Å². The van der Waals surface area contributed by atoms with Gasteiger partial charge in [0.1, 0.15) is 6.10 Å². The first kappa shape index (κ1) is 17.3. The number of carbonyl (C=O) groups is 2. The van der Waals surface area contributed by atoms with Gasteiger partial charge in [-0.25, -0.2) is 0 Å². The number of hydrogen-bond donors (Lipinski definition) is 0. The number of allylic oxidation sites excluding steroid dienone is 1. The summed E-state index contributed by atoms with van der Waals surface area (Å²) in [5.41, 5.74) is 1.82. The zero-order valence-electron chi connectivity index (χ0n) is 16.0. The molecule has 0 heterocycles. The van der Waals surface area contributed by atoms with Crippen LogP contribution in [-0.4, -0.2) is 17.9 Å². The van der Waals surface area contributed by atoms with Gasteiger partial charge in [-0.2, -0.15) is 0 Å². The van der Waals surface area contributed by atoms with E-state index in [1.165, 1.54) is 24.8 Å². The Labute approximate surface area is 151 Å². The van der Waals surface area contributed by atoms with Crippen LogP contribution in [0.2, 0.25) is 0 Å². The zero-order valence-corrected chi connectivity index (χ0v) is 16.0. The maximum atomic E-state index is 11.9. The molecule has 4 aliphatic rings. The third-order valence-electron chi connectivity index (χ3n) is 8.44. The fraction of sp³-hybridized carbons (Fsp3) is 0.818. The third-order valence-corrected chi connectivity index (χ3v) is 8.44. The van der Waals surface area contributed by atoms with Gasteiger partial charge < -0.3 is 4.74 Å². The number of rotatable bonds is 2. The highest BCUT2D eigenvalue weighted by Gasteiger charge is 2.59. The first-order valence-corrected chi connectivity index (χ1v) is 10.3. The van der Waals surface area contributed by atoms with E-state index in [1.54, 1.807) is 0 Å². The van der Waals surface area contributed by atoms with Gasteiger partial charge in [0, 0.05) is 18.3 Å². The molecule has 3 saturated carbocycles. The second kappa shape index (κ2) is 5.96. The van der Waals surface area contributed by atoms with Gasteiger partial charge in [-0.05, 0) is 74.2 Å². The zero-order chi connectivity index (χ0) is 17.8. The normalized spacial score (nSPS) is 45.9. The molecular formula is C22H32O3. The van der Waals surface area contributed by atoms with E-state index in [4.69, 9.17) is 4.74 Å². The lowest BCUT2D eigenvalue weighted by Crippen LogP contribution is -2.51. The van der Waals surface area contributed by atoms with Crippen LogP contribution in [0.15, 0.2) is 11.6 Å². The van der Waals surface area contributed by atoms with Crippen molar-refractivity contribution in [1.82, 2.24) is 0 Å². The maximum Gasteiger partial charge on any atom is 0.305 e. The Kier molecular flexibility index (Phi) is 4.12. The summed E-state index contributed by atoms with van der Waals surface area (Å²) in [6.45, 7) is 6.69. The molecular weight excluding hydrogens is 312 g/mol. The van der Waals surface area contributed by atoms with Gasteiger partial charge in [0.2, 0.25) is 0 Å². The highest BCUT2D eigenvalue weighted by molar-refractivity contribution is 5.91. The molecule has 0 aromatic heterocycles. The lowest BCUT2D eigenvalue weighted by molar-refractivity contribution is -0.159. The number of hydrogen-bond acceptors (Lipinski definition) is 3. The van der Waals surface area contributed by atoms with Gasteiger partial charge in [0.25, 0.3) is 0 Å². The Hall–Kier alpha value is -1.12. The summed E-state index contributed by atoms with van der Waals surface area (Å²) >= 11 is 0. The summed E-state index contributed by atoms with van der Waals surface area (Å²) in [7, 11) is 0. The average molecular weight is 344 g/mol. The molecule has 0 amide bonds. The molecule has 4 rings (SSSR count). The smallest absolute Gasteiger partial charge is 0.305 e. The summed E-state index contributed by atoms with van der Waals surface area (Å²) < 4.78 is 5.86. The van der Waals surface area contributed by atoms with E-state index in [1.807, 2.05) is 13.0 Å². The lowest BCUT2D eigenvalue weighted by Gasteiger charge is -2.57. The van der Waals surface area contributed by atoms with Crippen LogP contribution in [-0.2, 0) is 14.3 Å². The van der Waals surface area contributed by atoms with Gasteiger partial charge in [-0.15, -0.1) is 0 Å². The first-order valence-electron chi connectivity index (χ1n) is 10.3. The van der Waals surface area contributed by atoms with E-state index in [9.17, 15) is 9.59 Å². The van der Waals surface area contributed by atoms with Gasteiger partial charge in [0.15, 0.2) is 5.78 Å². The molecule has 4 aliphatic carbocycles. The SMILES string of the molecule is CCC(=O)O[C@H]1CC[C@H]2[C@H]3CCC4=CC(=O)CC[C@]4(C)[C@H]3CC[C@]12C. The monoisotopic (exact) mass is 344 g/mol. The average Bonchev–Trinajstić information content (AvgIpc) is 2.92. The minimum Gasteiger partial charge on any atom is -0.462 e. The molecule has 0 saturated heterocycles. The molecule has 0 aliphatic heterocycles. The topological polar surface area (TPSA) is 43.4 Å². The predicted octanol–water partition coefficient (Wildman–Crippen LogP) is 4.84. The van der Waals surface area contributed by atoms with Crippen LogP contribution in [0.5, 0.6) is 0 Å². The van der Waals surface area contributed by atoms with Gasteiger partial charge in [-0.1, -0.05) is 26.3 Å². The first-order chi connectivity index (χ1) is 11.9. The van der Waals surface area contributed by atoms with Gasteiger partial charge in [0.05, 0.1) is 0 Å². The number of ether oxygens (including phenoxy) is 1. The molecule has 6 atom stereocenters. The van der Waals surface area contributed by atoms with Crippen molar-refractivity contribution in [3.8, 4) is 0 Å². The van der Waals surface area contributed by atoms with Crippen molar-refractivity contribution in [3.05, 3.63) is 11.6 Å². The molecule has 0 radical (unpaired) electrons. The predicted molar refractivity (Wildman–Crippen MR) is 96.9 cm³/mol. The summed E-state index contributed by atoms with van der Waals surface area (Å²) in [5.74, 6) is 2.41. The quantitative estimate of drug-likeness (QED) is 0.673. The van der Waals surface area contributed by atoms with Crippen molar-refractivity contribution in [3.63, 3.8) is 0 Å². The van der Waals surface area contributed by atoms with Crippen molar-refractivity contribution < 1.29 is 14.3 Å². The number of ketones is 1. The molecule has 3 nitrogen and oxygen atoms in total. The van der Waals surface area contributed by atoms with E-state index in [0.717, 1.165) is 38.0 Å². The van der Waals surface area contributed by atoms with Crippen LogP contribution in [0.1, 0.15) is 78.6 Å². The van der Waals surface area contributed by atoms with Gasteiger partial charge >= 0.3 is 5.97 Å². The number of carbonyl (C=O) groups excluding carboxylic acids is 2. The number of fused-ring (bicyclic) bond motifs is 5. The van der Waals surface area contributed by atoms with Gasteiger partial charge in [-0.3, -0.25) is 9.59 Å². The Balaban J connectivity index is 1.59. The Bertz CT molecular complexity index is 621. The summed E-state index contributed by atoms with van der Waals surface area (Å²) in [6.07, 6.45) is 11.3. The van der Waals surface area contributed by atoms with Crippen molar-refractivity contribution in [2.45, 2.75) is 84.7 Å². The molecule has 3 heteroatoms. The molecule has 0 bridgehead atoms. The molecule has 25 heavy (non-hydrogen) atoms. The molecule has 0 aromatic carbocycles. The van der Waals surface area contributed by atoms with Crippen molar-refractivity contribution >= 4 is 11.8 Å². The Morgan fingerprint density at radius 2 is 1.92 bits per heavy atom. The maximum absolute atomic E-state index is 11.9. The summed E-state index contributed by atoms with van der Waals surface area (Å²) in [6, 6.07) is 0. The summed E-state index contributed by atoms with van der Waals surface area (Å²) in [4.78, 5) is 23.8. The lowest BCUT2D eigenvalue weighted by atomic mass is 9.47. The van der Waals surface area contributed by atoms with E-state index in [-0.39, 0.29) is 22.9 Å². The summed E-state index contributed by atoms with van der Waals surface area (Å²) in [5, 5.41) is 0. The second-order valence-electron chi connectivity index (χ2n) is 9.42.